The lowest BCUT2D eigenvalue weighted by molar-refractivity contribution is 0.0526. The minimum absolute atomic E-state index is 0.273. The Hall–Kier alpha value is -2.82. The van der Waals surface area contributed by atoms with E-state index >= 15 is 0 Å². The topological polar surface area (TPSA) is 60.7 Å². The Morgan fingerprint density at radius 1 is 1.29 bits per heavy atom. The van der Waals surface area contributed by atoms with Gasteiger partial charge in [-0.25, -0.2) is 4.79 Å². The fraction of sp³-hybridized carbons (Fsp3) is 0.190. The molecule has 0 aliphatic rings. The van der Waals surface area contributed by atoms with E-state index in [2.05, 4.69) is 10.9 Å². The minimum atomic E-state index is -0.384. The van der Waals surface area contributed by atoms with Gasteiger partial charge in [0.05, 0.1) is 34.5 Å². The van der Waals surface area contributed by atoms with Crippen LogP contribution in [0, 0.1) is 12.3 Å². The first kappa shape index (κ1) is 19.9. The summed E-state index contributed by atoms with van der Waals surface area (Å²) in [6.45, 7) is 2.34. The summed E-state index contributed by atoms with van der Waals surface area (Å²) in [4.78, 5) is 30.5. The van der Waals surface area contributed by atoms with Crippen LogP contribution in [-0.2, 0) is 11.3 Å². The molecular formula is C21H18N2O3S2. The number of aromatic nitrogens is 1. The molecule has 0 N–H and O–H groups in total. The summed E-state index contributed by atoms with van der Waals surface area (Å²) in [6.07, 6.45) is 7.43. The Kier molecular flexibility index (Phi) is 6.34. The molecule has 0 unspecified atom stereocenters. The van der Waals surface area contributed by atoms with Crippen LogP contribution in [0.25, 0.3) is 10.2 Å². The van der Waals surface area contributed by atoms with Gasteiger partial charge in [-0.3, -0.25) is 4.79 Å². The molecular weight excluding hydrogens is 392 g/mol. The van der Waals surface area contributed by atoms with Crippen molar-refractivity contribution >= 4 is 45.2 Å². The summed E-state index contributed by atoms with van der Waals surface area (Å²) in [5.41, 5.74) is 1.82. The minimum Gasteiger partial charge on any atom is -0.462 e. The predicted molar refractivity (Wildman–Crippen MR) is 113 cm³/mol. The van der Waals surface area contributed by atoms with Crippen LogP contribution in [0.2, 0.25) is 0 Å². The van der Waals surface area contributed by atoms with Crippen molar-refractivity contribution in [3.8, 4) is 12.3 Å². The van der Waals surface area contributed by atoms with E-state index in [1.807, 2.05) is 24.5 Å². The van der Waals surface area contributed by atoms with Gasteiger partial charge < -0.3 is 9.30 Å². The third-order valence-corrected chi connectivity index (χ3v) is 5.81. The molecule has 142 valence electrons. The van der Waals surface area contributed by atoms with Gasteiger partial charge in [-0.05, 0) is 43.5 Å². The fourth-order valence-electron chi connectivity index (χ4n) is 2.71. The smallest absolute Gasteiger partial charge is 0.338 e. The number of amides is 1. The summed E-state index contributed by atoms with van der Waals surface area (Å²) >= 11 is 2.81. The standard InChI is InChI=1S/C21H18N2O3S2/c1-4-12-23-16-11-10-14(20(25)26-5-2)13-18(16)28-21(23)22-19(24)15-8-6-7-9-17(15)27-3/h1,6-11,13H,5,12H2,2-3H3. The molecule has 0 saturated heterocycles. The van der Waals surface area contributed by atoms with Gasteiger partial charge >= 0.3 is 5.97 Å². The Balaban J connectivity index is 2.12. The fourth-order valence-corrected chi connectivity index (χ4v) is 4.37. The second-order valence-corrected chi connectivity index (χ2v) is 7.55. The van der Waals surface area contributed by atoms with Crippen LogP contribution >= 0.6 is 23.1 Å². The number of thioether (sulfide) groups is 1. The number of terminal acetylenes is 1. The van der Waals surface area contributed by atoms with Gasteiger partial charge in [0.2, 0.25) is 0 Å². The second-order valence-electron chi connectivity index (χ2n) is 5.70. The highest BCUT2D eigenvalue weighted by Gasteiger charge is 2.14. The highest BCUT2D eigenvalue weighted by atomic mass is 32.2. The molecule has 2 aromatic carbocycles. The molecule has 3 rings (SSSR count). The number of hydrogen-bond acceptors (Lipinski definition) is 5. The molecule has 0 fully saturated rings. The molecule has 3 aromatic rings. The van der Waals surface area contributed by atoms with E-state index in [4.69, 9.17) is 11.2 Å². The number of hydrogen-bond donors (Lipinski definition) is 0. The Labute approximate surface area is 171 Å². The summed E-state index contributed by atoms with van der Waals surface area (Å²) in [5.74, 6) is 1.89. The number of carbonyl (C=O) groups excluding carboxylic acids is 2. The van der Waals surface area contributed by atoms with Crippen molar-refractivity contribution in [2.24, 2.45) is 4.99 Å². The zero-order valence-electron chi connectivity index (χ0n) is 15.5. The van der Waals surface area contributed by atoms with E-state index in [0.717, 1.165) is 15.1 Å². The molecule has 0 radical (unpaired) electrons. The summed E-state index contributed by atoms with van der Waals surface area (Å²) < 4.78 is 7.67. The van der Waals surface area contributed by atoms with Gasteiger partial charge in [-0.1, -0.05) is 29.4 Å². The van der Waals surface area contributed by atoms with Crippen LogP contribution in [0.5, 0.6) is 0 Å². The summed E-state index contributed by atoms with van der Waals surface area (Å²) in [6, 6.07) is 12.6. The van der Waals surface area contributed by atoms with Crippen molar-refractivity contribution in [2.45, 2.75) is 18.4 Å². The van der Waals surface area contributed by atoms with Gasteiger partial charge in [0.1, 0.15) is 0 Å². The number of carbonyl (C=O) groups is 2. The number of nitrogens with zero attached hydrogens (tertiary/aromatic N) is 2. The highest BCUT2D eigenvalue weighted by Crippen LogP contribution is 2.22. The molecule has 7 heteroatoms. The van der Waals surface area contributed by atoms with Crippen LogP contribution in [0.4, 0.5) is 0 Å². The number of fused-ring (bicyclic) bond motifs is 1. The third-order valence-electron chi connectivity index (χ3n) is 3.98. The maximum absolute atomic E-state index is 12.8. The molecule has 1 amide bonds. The molecule has 0 bridgehead atoms. The van der Waals surface area contributed by atoms with Crippen LogP contribution in [0.3, 0.4) is 0 Å². The molecule has 0 aliphatic heterocycles. The van der Waals surface area contributed by atoms with E-state index in [-0.39, 0.29) is 18.4 Å². The van der Waals surface area contributed by atoms with Crippen molar-refractivity contribution in [2.75, 3.05) is 12.9 Å². The number of rotatable bonds is 5. The molecule has 28 heavy (non-hydrogen) atoms. The maximum Gasteiger partial charge on any atom is 0.338 e. The van der Waals surface area contributed by atoms with Crippen LogP contribution in [0.15, 0.2) is 52.4 Å². The van der Waals surface area contributed by atoms with E-state index in [1.165, 1.54) is 23.1 Å². The van der Waals surface area contributed by atoms with E-state index < -0.39 is 0 Å². The first-order chi connectivity index (χ1) is 13.6. The number of benzene rings is 2. The van der Waals surface area contributed by atoms with Crippen molar-refractivity contribution in [1.82, 2.24) is 4.57 Å². The maximum atomic E-state index is 12.8. The lowest BCUT2D eigenvalue weighted by Crippen LogP contribution is -2.16. The lowest BCUT2D eigenvalue weighted by atomic mass is 10.2. The SMILES string of the molecule is C#CCn1c(=NC(=O)c2ccccc2SC)sc2cc(C(=O)OCC)ccc21. The van der Waals surface area contributed by atoms with Crippen molar-refractivity contribution in [3.05, 3.63) is 58.4 Å². The molecule has 5 nitrogen and oxygen atoms in total. The summed E-state index contributed by atoms with van der Waals surface area (Å²) in [7, 11) is 0. The molecule has 1 aromatic heterocycles. The predicted octanol–water partition coefficient (Wildman–Crippen LogP) is 3.98. The molecule has 0 aliphatic carbocycles. The second kappa shape index (κ2) is 8.91. The first-order valence-electron chi connectivity index (χ1n) is 8.55. The number of esters is 1. The molecule has 0 atom stereocenters. The van der Waals surface area contributed by atoms with Gasteiger partial charge in [0, 0.05) is 4.90 Å². The van der Waals surface area contributed by atoms with Gasteiger partial charge in [-0.15, -0.1) is 18.2 Å². The monoisotopic (exact) mass is 410 g/mol. The van der Waals surface area contributed by atoms with Gasteiger partial charge in [-0.2, -0.15) is 4.99 Å². The van der Waals surface area contributed by atoms with Crippen LogP contribution < -0.4 is 4.80 Å². The number of ether oxygens (including phenoxy) is 1. The van der Waals surface area contributed by atoms with Crippen LogP contribution in [0.1, 0.15) is 27.6 Å². The van der Waals surface area contributed by atoms with E-state index in [1.54, 1.807) is 35.8 Å². The Morgan fingerprint density at radius 2 is 2.07 bits per heavy atom. The Bertz CT molecular complexity index is 1150. The van der Waals surface area contributed by atoms with E-state index in [9.17, 15) is 9.59 Å². The molecule has 0 saturated carbocycles. The normalized spacial score (nSPS) is 11.4. The average Bonchev–Trinajstić information content (AvgIpc) is 3.04. The van der Waals surface area contributed by atoms with Gasteiger partial charge in [0.25, 0.3) is 5.91 Å². The van der Waals surface area contributed by atoms with E-state index in [0.29, 0.717) is 22.5 Å². The lowest BCUT2D eigenvalue weighted by Gasteiger charge is -2.03. The zero-order valence-corrected chi connectivity index (χ0v) is 17.1. The largest absolute Gasteiger partial charge is 0.462 e. The molecule has 1 heterocycles. The quantitative estimate of drug-likeness (QED) is 0.363. The Morgan fingerprint density at radius 3 is 2.79 bits per heavy atom. The molecule has 0 spiro atoms. The average molecular weight is 411 g/mol. The highest BCUT2D eigenvalue weighted by molar-refractivity contribution is 7.98. The summed E-state index contributed by atoms with van der Waals surface area (Å²) in [5, 5.41) is 0. The van der Waals surface area contributed by atoms with Gasteiger partial charge in [0.15, 0.2) is 4.80 Å². The zero-order chi connectivity index (χ0) is 20.1. The van der Waals surface area contributed by atoms with Crippen molar-refractivity contribution < 1.29 is 14.3 Å². The van der Waals surface area contributed by atoms with Crippen LogP contribution in [-0.4, -0.2) is 29.3 Å². The van der Waals surface area contributed by atoms with Crippen molar-refractivity contribution in [1.29, 1.82) is 0 Å². The first-order valence-corrected chi connectivity index (χ1v) is 10.6. The van der Waals surface area contributed by atoms with Crippen molar-refractivity contribution in [3.63, 3.8) is 0 Å². The number of thiazole rings is 1. The third kappa shape index (κ3) is 4.03.